The van der Waals surface area contributed by atoms with Crippen LogP contribution in [-0.2, 0) is 23.9 Å². The van der Waals surface area contributed by atoms with Gasteiger partial charge in [0.25, 0.3) is 0 Å². The van der Waals surface area contributed by atoms with Gasteiger partial charge >= 0.3 is 11.9 Å². The molecule has 0 radical (unpaired) electrons. The average Bonchev–Trinajstić information content (AvgIpc) is 2.93. The van der Waals surface area contributed by atoms with E-state index >= 15 is 0 Å². The van der Waals surface area contributed by atoms with Crippen molar-refractivity contribution in [3.8, 4) is 6.07 Å². The summed E-state index contributed by atoms with van der Waals surface area (Å²) in [5, 5.41) is 11.4. The molecule has 0 unspecified atom stereocenters. The molecule has 2 rings (SSSR count). The van der Waals surface area contributed by atoms with E-state index in [1.54, 1.807) is 38.1 Å². The number of ether oxygens (including phenoxy) is 2. The number of nitrogens with one attached hydrogen (secondary N) is 1. The summed E-state index contributed by atoms with van der Waals surface area (Å²) >= 11 is 0. The highest BCUT2D eigenvalue weighted by molar-refractivity contribution is 6.04. The van der Waals surface area contributed by atoms with Crippen molar-refractivity contribution in [3.63, 3.8) is 0 Å². The molecule has 0 saturated carbocycles. The van der Waals surface area contributed by atoms with Crippen molar-refractivity contribution in [2.24, 2.45) is 5.92 Å². The number of benzene rings is 1. The maximum atomic E-state index is 12.2. The van der Waals surface area contributed by atoms with Crippen LogP contribution in [0.5, 0.6) is 0 Å². The fourth-order valence-electron chi connectivity index (χ4n) is 2.78. The molecule has 7 heteroatoms. The van der Waals surface area contributed by atoms with Gasteiger partial charge < -0.3 is 14.8 Å². The van der Waals surface area contributed by atoms with Crippen LogP contribution in [0.3, 0.4) is 0 Å². The second kappa shape index (κ2) is 7.59. The minimum Gasteiger partial charge on any atom is -0.465 e. The first-order chi connectivity index (χ1) is 11.5. The maximum absolute atomic E-state index is 12.2. The lowest BCUT2D eigenvalue weighted by molar-refractivity contribution is -0.151. The van der Waals surface area contributed by atoms with Gasteiger partial charge in [-0.15, -0.1) is 0 Å². The zero-order valence-corrected chi connectivity index (χ0v) is 13.4. The van der Waals surface area contributed by atoms with Gasteiger partial charge in [0.15, 0.2) is 0 Å². The third kappa shape index (κ3) is 3.38. The number of nitrogens with zero attached hydrogens (tertiary/aromatic N) is 1. The smallest absolute Gasteiger partial charge is 0.329 e. The maximum Gasteiger partial charge on any atom is 0.329 e. The fraction of sp³-hybridized carbons (Fsp3) is 0.412. The van der Waals surface area contributed by atoms with Crippen LogP contribution in [0.25, 0.3) is 0 Å². The topological polar surface area (TPSA) is 105 Å². The van der Waals surface area contributed by atoms with Gasteiger partial charge in [-0.1, -0.05) is 12.1 Å². The van der Waals surface area contributed by atoms with Crippen LogP contribution in [0.4, 0.5) is 0 Å². The van der Waals surface area contributed by atoms with Crippen LogP contribution in [0, 0.1) is 17.2 Å². The summed E-state index contributed by atoms with van der Waals surface area (Å²) in [6, 6.07) is 7.42. The van der Waals surface area contributed by atoms with E-state index in [9.17, 15) is 14.4 Å². The summed E-state index contributed by atoms with van der Waals surface area (Å²) in [6.07, 6.45) is 0. The molecule has 1 aromatic rings. The van der Waals surface area contributed by atoms with E-state index < -0.39 is 35.7 Å². The first-order valence-corrected chi connectivity index (χ1v) is 7.67. The Morgan fingerprint density at radius 2 is 1.71 bits per heavy atom. The molecule has 24 heavy (non-hydrogen) atoms. The van der Waals surface area contributed by atoms with Gasteiger partial charge in [0.2, 0.25) is 5.91 Å². The quantitative estimate of drug-likeness (QED) is 0.635. The van der Waals surface area contributed by atoms with Crippen molar-refractivity contribution in [2.75, 3.05) is 13.2 Å². The van der Waals surface area contributed by atoms with Gasteiger partial charge in [0.05, 0.1) is 24.8 Å². The summed E-state index contributed by atoms with van der Waals surface area (Å²) in [7, 11) is 0. The molecule has 0 aromatic heterocycles. The molecule has 1 saturated heterocycles. The lowest BCUT2D eigenvalue weighted by atomic mass is 9.83. The van der Waals surface area contributed by atoms with Gasteiger partial charge in [-0.2, -0.15) is 5.26 Å². The molecule has 0 bridgehead atoms. The first-order valence-electron chi connectivity index (χ1n) is 7.67. The summed E-state index contributed by atoms with van der Waals surface area (Å²) in [5.74, 6) is -3.74. The third-order valence-electron chi connectivity index (χ3n) is 3.80. The van der Waals surface area contributed by atoms with E-state index in [1.807, 2.05) is 6.07 Å². The highest BCUT2D eigenvalue weighted by Crippen LogP contribution is 2.35. The van der Waals surface area contributed by atoms with Gasteiger partial charge in [-0.3, -0.25) is 9.59 Å². The van der Waals surface area contributed by atoms with Gasteiger partial charge in [0.1, 0.15) is 12.0 Å². The molecule has 1 amide bonds. The summed E-state index contributed by atoms with van der Waals surface area (Å²) in [5.41, 5.74) is 1.03. The monoisotopic (exact) mass is 330 g/mol. The van der Waals surface area contributed by atoms with Crippen molar-refractivity contribution in [1.29, 1.82) is 5.26 Å². The van der Waals surface area contributed by atoms with Crippen LogP contribution in [0.15, 0.2) is 24.3 Å². The van der Waals surface area contributed by atoms with Gasteiger partial charge in [0, 0.05) is 5.92 Å². The van der Waals surface area contributed by atoms with Crippen LogP contribution >= 0.6 is 0 Å². The Morgan fingerprint density at radius 3 is 2.25 bits per heavy atom. The van der Waals surface area contributed by atoms with E-state index in [1.165, 1.54) is 0 Å². The lowest BCUT2D eigenvalue weighted by Gasteiger charge is -2.21. The average molecular weight is 330 g/mol. The van der Waals surface area contributed by atoms with Crippen molar-refractivity contribution in [3.05, 3.63) is 35.4 Å². The Hall–Kier alpha value is -2.88. The molecule has 126 valence electrons. The van der Waals surface area contributed by atoms with E-state index in [0.29, 0.717) is 11.1 Å². The van der Waals surface area contributed by atoms with E-state index in [4.69, 9.17) is 14.7 Å². The number of carbonyl (C=O) groups excluding carboxylic acids is 3. The zero-order valence-electron chi connectivity index (χ0n) is 13.4. The standard InChI is InChI=1S/C17H18N2O5/c1-3-23-16(21)13-12(11-7-5-10(9-18)6-8-11)14(19-15(13)20)17(22)24-4-2/h5-8,12-14H,3-4H2,1-2H3,(H,19,20)/t12-,13+,14+/m1/s1. The Bertz CT molecular complexity index is 677. The predicted octanol–water partition coefficient (Wildman–Crippen LogP) is 0.883. The Morgan fingerprint density at radius 1 is 1.12 bits per heavy atom. The number of amides is 1. The largest absolute Gasteiger partial charge is 0.465 e. The zero-order chi connectivity index (χ0) is 17.7. The number of rotatable bonds is 5. The molecule has 1 aromatic carbocycles. The number of nitriles is 1. The molecule has 1 heterocycles. The van der Waals surface area contributed by atoms with E-state index in [2.05, 4.69) is 5.32 Å². The van der Waals surface area contributed by atoms with Crippen molar-refractivity contribution in [2.45, 2.75) is 25.8 Å². The van der Waals surface area contributed by atoms with Crippen molar-refractivity contribution < 1.29 is 23.9 Å². The van der Waals surface area contributed by atoms with Crippen molar-refractivity contribution in [1.82, 2.24) is 5.32 Å². The molecular weight excluding hydrogens is 312 g/mol. The second-order valence-electron chi connectivity index (χ2n) is 5.23. The molecule has 7 nitrogen and oxygen atoms in total. The number of esters is 2. The molecule has 0 spiro atoms. The Labute approximate surface area is 139 Å². The molecule has 1 fully saturated rings. The molecular formula is C17H18N2O5. The number of hydrogen-bond acceptors (Lipinski definition) is 6. The SMILES string of the molecule is CCOC(=O)[C@@H]1C(=O)N[C@H](C(=O)OCC)[C@@H]1c1ccc(C#N)cc1. The minimum absolute atomic E-state index is 0.132. The van der Waals surface area contributed by atoms with Crippen LogP contribution in [-0.4, -0.2) is 37.1 Å². The Balaban J connectivity index is 2.42. The third-order valence-corrected chi connectivity index (χ3v) is 3.80. The molecule has 1 N–H and O–H groups in total. The minimum atomic E-state index is -1.13. The van der Waals surface area contributed by atoms with Gasteiger partial charge in [-0.25, -0.2) is 4.79 Å². The molecule has 1 aliphatic heterocycles. The van der Waals surface area contributed by atoms with Crippen LogP contribution < -0.4 is 5.32 Å². The van der Waals surface area contributed by atoms with E-state index in [-0.39, 0.29) is 13.2 Å². The summed E-state index contributed by atoms with van der Waals surface area (Å²) in [4.78, 5) is 36.6. The highest BCUT2D eigenvalue weighted by atomic mass is 16.5. The van der Waals surface area contributed by atoms with E-state index in [0.717, 1.165) is 0 Å². The van der Waals surface area contributed by atoms with Crippen molar-refractivity contribution >= 4 is 17.8 Å². The number of carbonyl (C=O) groups is 3. The number of hydrogen-bond donors (Lipinski definition) is 1. The normalized spacial score (nSPS) is 22.4. The molecule has 3 atom stereocenters. The van der Waals surface area contributed by atoms with Crippen LogP contribution in [0.2, 0.25) is 0 Å². The first kappa shape index (κ1) is 17.5. The fourth-order valence-corrected chi connectivity index (χ4v) is 2.78. The predicted molar refractivity (Wildman–Crippen MR) is 82.6 cm³/mol. The molecule has 0 aliphatic carbocycles. The lowest BCUT2D eigenvalue weighted by Crippen LogP contribution is -2.37. The second-order valence-corrected chi connectivity index (χ2v) is 5.23. The molecule has 1 aliphatic rings. The van der Waals surface area contributed by atoms with Crippen LogP contribution in [0.1, 0.15) is 30.9 Å². The van der Waals surface area contributed by atoms with Gasteiger partial charge in [-0.05, 0) is 31.5 Å². The Kier molecular flexibility index (Phi) is 5.53. The summed E-state index contributed by atoms with van der Waals surface area (Å²) < 4.78 is 9.98. The highest BCUT2D eigenvalue weighted by Gasteiger charge is 2.51. The summed E-state index contributed by atoms with van der Waals surface area (Å²) in [6.45, 7) is 3.60.